The standard InChI is InChI=1S/C16H13NO5/c1-21-15(19)10-7-9-8-5-3-4-6-11(8)17-13(9)14(18)12(10)16(20)22-2/h3-7,17-18H,1-2H3. The van der Waals surface area contributed by atoms with E-state index in [9.17, 15) is 14.7 Å². The molecule has 0 aliphatic heterocycles. The molecular weight excluding hydrogens is 286 g/mol. The second-order valence-corrected chi connectivity index (χ2v) is 4.72. The molecule has 0 aliphatic carbocycles. The van der Waals surface area contributed by atoms with Gasteiger partial charge in [0, 0.05) is 16.3 Å². The summed E-state index contributed by atoms with van der Waals surface area (Å²) in [4.78, 5) is 26.9. The largest absolute Gasteiger partial charge is 0.505 e. The van der Waals surface area contributed by atoms with Gasteiger partial charge in [-0.2, -0.15) is 0 Å². The number of aromatic hydroxyl groups is 1. The summed E-state index contributed by atoms with van der Waals surface area (Å²) in [5, 5.41) is 11.9. The van der Waals surface area contributed by atoms with Crippen LogP contribution < -0.4 is 0 Å². The van der Waals surface area contributed by atoms with Crippen LogP contribution in [0.4, 0.5) is 0 Å². The van der Waals surface area contributed by atoms with Crippen LogP contribution in [0.5, 0.6) is 5.75 Å². The highest BCUT2D eigenvalue weighted by atomic mass is 16.5. The van der Waals surface area contributed by atoms with Crippen LogP contribution in [-0.2, 0) is 9.47 Å². The van der Waals surface area contributed by atoms with E-state index in [4.69, 9.17) is 4.74 Å². The van der Waals surface area contributed by atoms with E-state index in [-0.39, 0.29) is 16.9 Å². The van der Waals surface area contributed by atoms with Crippen LogP contribution >= 0.6 is 0 Å². The van der Waals surface area contributed by atoms with Gasteiger partial charge in [0.25, 0.3) is 0 Å². The molecular formula is C16H13NO5. The van der Waals surface area contributed by atoms with E-state index in [1.165, 1.54) is 20.3 Å². The Labute approximate surface area is 125 Å². The first-order valence-electron chi connectivity index (χ1n) is 6.51. The highest BCUT2D eigenvalue weighted by molar-refractivity contribution is 6.16. The fourth-order valence-electron chi connectivity index (χ4n) is 2.55. The van der Waals surface area contributed by atoms with E-state index in [0.717, 1.165) is 10.9 Å². The van der Waals surface area contributed by atoms with E-state index < -0.39 is 11.9 Å². The van der Waals surface area contributed by atoms with Gasteiger partial charge in [-0.15, -0.1) is 0 Å². The Morgan fingerprint density at radius 2 is 1.73 bits per heavy atom. The highest BCUT2D eigenvalue weighted by Crippen LogP contribution is 2.36. The molecule has 22 heavy (non-hydrogen) atoms. The van der Waals surface area contributed by atoms with Crippen molar-refractivity contribution in [3.63, 3.8) is 0 Å². The molecule has 2 N–H and O–H groups in total. The molecule has 2 aromatic carbocycles. The number of ether oxygens (including phenoxy) is 2. The Balaban J connectivity index is 2.46. The van der Waals surface area contributed by atoms with Gasteiger partial charge in [0.2, 0.25) is 0 Å². The average molecular weight is 299 g/mol. The second-order valence-electron chi connectivity index (χ2n) is 4.72. The topological polar surface area (TPSA) is 88.6 Å². The molecule has 0 saturated heterocycles. The molecule has 0 unspecified atom stereocenters. The Morgan fingerprint density at radius 3 is 2.41 bits per heavy atom. The number of nitrogens with one attached hydrogen (secondary N) is 1. The van der Waals surface area contributed by atoms with Crippen molar-refractivity contribution >= 4 is 33.7 Å². The summed E-state index contributed by atoms with van der Waals surface area (Å²) in [6.07, 6.45) is 0. The minimum Gasteiger partial charge on any atom is -0.505 e. The van der Waals surface area contributed by atoms with Gasteiger partial charge in [-0.3, -0.25) is 0 Å². The first-order valence-corrected chi connectivity index (χ1v) is 6.51. The lowest BCUT2D eigenvalue weighted by Crippen LogP contribution is -2.12. The zero-order chi connectivity index (χ0) is 15.9. The smallest absolute Gasteiger partial charge is 0.342 e. The van der Waals surface area contributed by atoms with Crippen molar-refractivity contribution in [2.75, 3.05) is 14.2 Å². The number of fused-ring (bicyclic) bond motifs is 3. The first-order chi connectivity index (χ1) is 10.6. The molecule has 1 aromatic heterocycles. The van der Waals surface area contributed by atoms with Gasteiger partial charge in [0.15, 0.2) is 5.75 Å². The van der Waals surface area contributed by atoms with Crippen molar-refractivity contribution in [3.05, 3.63) is 41.5 Å². The summed E-state index contributed by atoms with van der Waals surface area (Å²) in [6, 6.07) is 8.90. The molecule has 0 atom stereocenters. The van der Waals surface area contributed by atoms with E-state index in [2.05, 4.69) is 9.72 Å². The number of carbonyl (C=O) groups is 2. The number of methoxy groups -OCH3 is 2. The van der Waals surface area contributed by atoms with E-state index in [1.54, 1.807) is 0 Å². The van der Waals surface area contributed by atoms with Gasteiger partial charge < -0.3 is 19.6 Å². The number of phenols is 1. The summed E-state index contributed by atoms with van der Waals surface area (Å²) in [5.41, 5.74) is 0.900. The third-order valence-electron chi connectivity index (χ3n) is 3.57. The number of hydrogen-bond acceptors (Lipinski definition) is 5. The lowest BCUT2D eigenvalue weighted by molar-refractivity contribution is 0.0552. The van der Waals surface area contributed by atoms with Crippen LogP contribution in [0.3, 0.4) is 0 Å². The summed E-state index contributed by atoms with van der Waals surface area (Å²) < 4.78 is 9.35. The van der Waals surface area contributed by atoms with Gasteiger partial charge in [-0.25, -0.2) is 9.59 Å². The molecule has 6 heteroatoms. The third kappa shape index (κ3) is 1.88. The summed E-state index contributed by atoms with van der Waals surface area (Å²) in [7, 11) is 2.39. The maximum absolute atomic E-state index is 12.0. The number of aromatic amines is 1. The third-order valence-corrected chi connectivity index (χ3v) is 3.57. The van der Waals surface area contributed by atoms with Crippen molar-refractivity contribution < 1.29 is 24.2 Å². The molecule has 1 heterocycles. The minimum absolute atomic E-state index is 0.0379. The van der Waals surface area contributed by atoms with Crippen molar-refractivity contribution in [1.29, 1.82) is 0 Å². The van der Waals surface area contributed by atoms with E-state index >= 15 is 0 Å². The molecule has 0 saturated carbocycles. The zero-order valence-corrected chi connectivity index (χ0v) is 12.0. The van der Waals surface area contributed by atoms with Gasteiger partial charge in [-0.05, 0) is 12.1 Å². The number of hydrogen-bond donors (Lipinski definition) is 2. The predicted octanol–water partition coefficient (Wildman–Crippen LogP) is 2.60. The molecule has 0 aliphatic rings. The minimum atomic E-state index is -0.807. The molecule has 6 nitrogen and oxygen atoms in total. The van der Waals surface area contributed by atoms with Crippen LogP contribution in [0.15, 0.2) is 30.3 Å². The Morgan fingerprint density at radius 1 is 1.05 bits per heavy atom. The fraction of sp³-hybridized carbons (Fsp3) is 0.125. The molecule has 3 aromatic rings. The van der Waals surface area contributed by atoms with Crippen LogP contribution in [0.1, 0.15) is 20.7 Å². The van der Waals surface area contributed by atoms with Crippen LogP contribution in [0.25, 0.3) is 21.8 Å². The Hall–Kier alpha value is -3.02. The highest BCUT2D eigenvalue weighted by Gasteiger charge is 2.26. The lowest BCUT2D eigenvalue weighted by Gasteiger charge is -2.09. The summed E-state index contributed by atoms with van der Waals surface area (Å²) in [5.74, 6) is -1.86. The molecule has 0 amide bonds. The Bertz CT molecular complexity index is 910. The number of benzene rings is 2. The number of para-hydroxylation sites is 1. The number of esters is 2. The fourth-order valence-corrected chi connectivity index (χ4v) is 2.55. The van der Waals surface area contributed by atoms with E-state index in [1.807, 2.05) is 24.3 Å². The monoisotopic (exact) mass is 299 g/mol. The number of aromatic nitrogens is 1. The van der Waals surface area contributed by atoms with Crippen molar-refractivity contribution in [3.8, 4) is 5.75 Å². The van der Waals surface area contributed by atoms with E-state index in [0.29, 0.717) is 10.9 Å². The first kappa shape index (κ1) is 13.9. The van der Waals surface area contributed by atoms with Crippen LogP contribution in [0.2, 0.25) is 0 Å². The normalized spacial score (nSPS) is 10.8. The average Bonchev–Trinajstić information content (AvgIpc) is 2.92. The maximum atomic E-state index is 12.0. The zero-order valence-electron chi connectivity index (χ0n) is 12.0. The van der Waals surface area contributed by atoms with Crippen molar-refractivity contribution in [2.45, 2.75) is 0 Å². The van der Waals surface area contributed by atoms with Gasteiger partial charge in [0.05, 0.1) is 25.3 Å². The maximum Gasteiger partial charge on any atom is 0.342 e. The number of rotatable bonds is 2. The molecule has 112 valence electrons. The van der Waals surface area contributed by atoms with Gasteiger partial charge in [-0.1, -0.05) is 18.2 Å². The lowest BCUT2D eigenvalue weighted by atomic mass is 10.0. The summed E-state index contributed by atoms with van der Waals surface area (Å²) >= 11 is 0. The van der Waals surface area contributed by atoms with Gasteiger partial charge in [0.1, 0.15) is 5.56 Å². The van der Waals surface area contributed by atoms with Crippen LogP contribution in [-0.4, -0.2) is 36.2 Å². The number of H-pyrrole nitrogens is 1. The molecule has 0 radical (unpaired) electrons. The van der Waals surface area contributed by atoms with Crippen LogP contribution in [0, 0.1) is 0 Å². The molecule has 0 spiro atoms. The van der Waals surface area contributed by atoms with Crippen molar-refractivity contribution in [1.82, 2.24) is 4.98 Å². The quantitative estimate of drug-likeness (QED) is 0.710. The Kier molecular flexibility index (Phi) is 3.21. The molecule has 0 fully saturated rings. The SMILES string of the molecule is COC(=O)c1cc2c([nH]c3ccccc32)c(O)c1C(=O)OC. The molecule has 0 bridgehead atoms. The summed E-state index contributed by atoms with van der Waals surface area (Å²) in [6.45, 7) is 0. The van der Waals surface area contributed by atoms with Gasteiger partial charge >= 0.3 is 11.9 Å². The number of phenolic OH excluding ortho intramolecular Hbond substituents is 1. The second kappa shape index (κ2) is 5.07. The van der Waals surface area contributed by atoms with Crippen molar-refractivity contribution in [2.24, 2.45) is 0 Å². The molecule has 3 rings (SSSR count). The predicted molar refractivity (Wildman–Crippen MR) is 80.1 cm³/mol. The number of carbonyl (C=O) groups excluding carboxylic acids is 2.